The fraction of sp³-hybridized carbons (Fsp3) is 0.259. The number of carboxylic acids is 1. The molecule has 0 aliphatic carbocycles. The van der Waals surface area contributed by atoms with Crippen LogP contribution in [0.1, 0.15) is 29.0 Å². The van der Waals surface area contributed by atoms with E-state index in [1.54, 1.807) is 11.0 Å². The number of aromatic nitrogens is 3. The van der Waals surface area contributed by atoms with Crippen molar-refractivity contribution in [3.8, 4) is 22.7 Å². The zero-order valence-electron chi connectivity index (χ0n) is 20.6. The van der Waals surface area contributed by atoms with Crippen molar-refractivity contribution in [2.24, 2.45) is 0 Å². The molecule has 0 N–H and O–H groups in total. The van der Waals surface area contributed by atoms with Crippen LogP contribution in [-0.4, -0.2) is 38.5 Å². The first-order valence-corrected chi connectivity index (χ1v) is 12.3. The van der Waals surface area contributed by atoms with Crippen molar-refractivity contribution < 1.29 is 43.9 Å². The zero-order valence-corrected chi connectivity index (χ0v) is 23.5. The Morgan fingerprint density at radius 2 is 1.89 bits per heavy atom. The molecule has 0 atom stereocenters. The second-order valence-electron chi connectivity index (χ2n) is 8.39. The van der Waals surface area contributed by atoms with E-state index >= 15 is 0 Å². The molecule has 4 aromatic rings. The third-order valence-electron chi connectivity index (χ3n) is 5.70. The smallest absolute Gasteiger partial charge is 0.549 e. The summed E-state index contributed by atoms with van der Waals surface area (Å²) < 4.78 is 9.86. The second kappa shape index (κ2) is 13.6. The SMILES string of the molecule is C=CCN(CC(=O)[O-])Cc1cccc(CCCc2nc(-c3ccc(-c4csnn4)cc3)oc2C)c1.[Na+]. The molecule has 9 heteroatoms. The van der Waals surface area contributed by atoms with Crippen LogP contribution in [0.2, 0.25) is 0 Å². The first kappa shape index (κ1) is 28.0. The van der Waals surface area contributed by atoms with E-state index in [4.69, 9.17) is 9.40 Å². The minimum absolute atomic E-state index is 0. The maximum Gasteiger partial charge on any atom is 1.00 e. The standard InChI is InChI=1S/C27H28N4O3S.Na/c1-3-14-31(17-26(32)33)16-21-8-4-6-20(15-21)7-5-9-24-19(2)34-27(28-24)23-12-10-22(11-13-23)25-18-35-30-29-25;/h3-4,6,8,10-13,15,18H,1,5,7,9,14,16-17H2,2H3,(H,32,33);/q;+1/p-1. The van der Waals surface area contributed by atoms with Gasteiger partial charge in [-0.05, 0) is 61.0 Å². The van der Waals surface area contributed by atoms with Gasteiger partial charge in [0.25, 0.3) is 0 Å². The topological polar surface area (TPSA) is 95.2 Å². The van der Waals surface area contributed by atoms with Gasteiger partial charge >= 0.3 is 29.6 Å². The molecule has 36 heavy (non-hydrogen) atoms. The van der Waals surface area contributed by atoms with Gasteiger partial charge in [0, 0.05) is 36.1 Å². The van der Waals surface area contributed by atoms with Crippen molar-refractivity contribution in [1.82, 2.24) is 19.5 Å². The van der Waals surface area contributed by atoms with Gasteiger partial charge in [0.1, 0.15) is 11.5 Å². The number of aryl methyl sites for hydroxylation is 3. The summed E-state index contributed by atoms with van der Waals surface area (Å²) in [6.07, 6.45) is 4.35. The van der Waals surface area contributed by atoms with Crippen molar-refractivity contribution in [3.05, 3.63) is 89.1 Å². The largest absolute Gasteiger partial charge is 1.00 e. The van der Waals surface area contributed by atoms with Crippen LogP contribution in [0.25, 0.3) is 22.7 Å². The Balaban J connectivity index is 0.00000361. The van der Waals surface area contributed by atoms with Gasteiger partial charge in [-0.3, -0.25) is 4.90 Å². The number of carbonyl (C=O) groups is 1. The van der Waals surface area contributed by atoms with Crippen LogP contribution >= 0.6 is 11.5 Å². The summed E-state index contributed by atoms with van der Waals surface area (Å²) in [5.41, 5.74) is 6.06. The van der Waals surface area contributed by atoms with Crippen molar-refractivity contribution in [3.63, 3.8) is 0 Å². The Labute approximate surface area is 237 Å². The molecule has 0 bridgehead atoms. The summed E-state index contributed by atoms with van der Waals surface area (Å²) in [6, 6.07) is 16.2. The van der Waals surface area contributed by atoms with E-state index in [9.17, 15) is 9.90 Å². The van der Waals surface area contributed by atoms with Crippen LogP contribution in [0.3, 0.4) is 0 Å². The maximum absolute atomic E-state index is 11.0. The van der Waals surface area contributed by atoms with Gasteiger partial charge in [0.2, 0.25) is 5.89 Å². The van der Waals surface area contributed by atoms with Gasteiger partial charge in [0.15, 0.2) is 0 Å². The number of carboxylic acid groups (broad SMARTS) is 1. The van der Waals surface area contributed by atoms with E-state index in [1.807, 2.05) is 48.7 Å². The number of rotatable bonds is 12. The van der Waals surface area contributed by atoms with E-state index in [0.29, 0.717) is 19.0 Å². The maximum atomic E-state index is 11.0. The molecular weight excluding hydrogens is 483 g/mol. The van der Waals surface area contributed by atoms with E-state index in [2.05, 4.69) is 28.3 Å². The number of hydrogen-bond donors (Lipinski definition) is 0. The van der Waals surface area contributed by atoms with Crippen LogP contribution < -0.4 is 34.7 Å². The third kappa shape index (κ3) is 7.69. The summed E-state index contributed by atoms with van der Waals surface area (Å²) in [5.74, 6) is 0.375. The molecule has 2 heterocycles. The molecule has 0 unspecified atom stereocenters. The first-order valence-electron chi connectivity index (χ1n) is 11.5. The number of hydrogen-bond acceptors (Lipinski definition) is 8. The molecule has 0 fully saturated rings. The van der Waals surface area contributed by atoms with Crippen LogP contribution in [0.4, 0.5) is 0 Å². The number of benzene rings is 2. The third-order valence-corrected chi connectivity index (χ3v) is 6.20. The van der Waals surface area contributed by atoms with Crippen LogP contribution in [0.15, 0.2) is 71.0 Å². The fourth-order valence-electron chi connectivity index (χ4n) is 4.01. The molecule has 2 aromatic carbocycles. The Bertz CT molecular complexity index is 1270. The van der Waals surface area contributed by atoms with Crippen molar-refractivity contribution in [2.75, 3.05) is 13.1 Å². The Hall–Kier alpha value is -2.62. The number of nitrogens with zero attached hydrogens (tertiary/aromatic N) is 4. The molecule has 0 saturated carbocycles. The van der Waals surface area contributed by atoms with E-state index in [0.717, 1.165) is 53.1 Å². The molecule has 0 radical (unpaired) electrons. The minimum Gasteiger partial charge on any atom is -0.549 e. The van der Waals surface area contributed by atoms with Crippen LogP contribution in [-0.2, 0) is 24.2 Å². The van der Waals surface area contributed by atoms with Gasteiger partial charge in [-0.2, -0.15) is 0 Å². The van der Waals surface area contributed by atoms with E-state index in [1.165, 1.54) is 17.1 Å². The van der Waals surface area contributed by atoms with Gasteiger partial charge in [-0.15, -0.1) is 11.7 Å². The molecule has 4 rings (SSSR count). The Morgan fingerprint density at radius 3 is 2.58 bits per heavy atom. The molecule has 0 saturated heterocycles. The molecule has 0 aliphatic heterocycles. The summed E-state index contributed by atoms with van der Waals surface area (Å²) in [5, 5.41) is 17.0. The minimum atomic E-state index is -1.09. The van der Waals surface area contributed by atoms with E-state index < -0.39 is 5.97 Å². The van der Waals surface area contributed by atoms with Crippen molar-refractivity contribution >= 4 is 17.5 Å². The molecule has 180 valence electrons. The predicted octanol–water partition coefficient (Wildman–Crippen LogP) is 1.09. The number of oxazole rings is 1. The molecule has 0 amide bonds. The molecule has 0 aliphatic rings. The Morgan fingerprint density at radius 1 is 1.14 bits per heavy atom. The Kier molecular flexibility index (Phi) is 10.6. The quantitative estimate of drug-likeness (QED) is 0.208. The van der Waals surface area contributed by atoms with Gasteiger partial charge in [0.05, 0.1) is 11.7 Å². The number of aliphatic carboxylic acids is 1. The predicted molar refractivity (Wildman–Crippen MR) is 135 cm³/mol. The first-order chi connectivity index (χ1) is 17.0. The average Bonchev–Trinajstić information content (AvgIpc) is 3.50. The van der Waals surface area contributed by atoms with Crippen molar-refractivity contribution in [1.29, 1.82) is 0 Å². The summed E-state index contributed by atoms with van der Waals surface area (Å²) in [4.78, 5) is 17.5. The molecule has 7 nitrogen and oxygen atoms in total. The van der Waals surface area contributed by atoms with Gasteiger partial charge in [-0.25, -0.2) is 4.98 Å². The van der Waals surface area contributed by atoms with Crippen LogP contribution in [0.5, 0.6) is 0 Å². The fourth-order valence-corrected chi connectivity index (χ4v) is 4.47. The number of carbonyl (C=O) groups excluding carboxylic acids is 1. The van der Waals surface area contributed by atoms with Crippen LogP contribution in [0, 0.1) is 6.92 Å². The monoisotopic (exact) mass is 510 g/mol. The summed E-state index contributed by atoms with van der Waals surface area (Å²) in [6.45, 7) is 6.58. The zero-order chi connectivity index (χ0) is 24.6. The summed E-state index contributed by atoms with van der Waals surface area (Å²) >= 11 is 1.33. The summed E-state index contributed by atoms with van der Waals surface area (Å²) in [7, 11) is 0. The normalized spacial score (nSPS) is 10.8. The molecular formula is C27H27N4NaO3S. The van der Waals surface area contributed by atoms with Gasteiger partial charge in [-0.1, -0.05) is 47.0 Å². The van der Waals surface area contributed by atoms with Crippen molar-refractivity contribution in [2.45, 2.75) is 32.7 Å². The second-order valence-corrected chi connectivity index (χ2v) is 9.00. The van der Waals surface area contributed by atoms with Gasteiger partial charge < -0.3 is 14.3 Å². The van der Waals surface area contributed by atoms with E-state index in [-0.39, 0.29) is 36.1 Å². The molecule has 0 spiro atoms. The molecule has 2 aromatic heterocycles. The average molecular weight is 511 g/mol.